The van der Waals surface area contributed by atoms with Gasteiger partial charge in [-0.05, 0) is 85.6 Å². The van der Waals surface area contributed by atoms with E-state index in [0.29, 0.717) is 24.0 Å². The number of sulfonamides is 1. The minimum Gasteiger partial charge on any atom is -0.426 e. The van der Waals surface area contributed by atoms with E-state index in [1.807, 2.05) is 0 Å². The molecule has 0 aliphatic carbocycles. The monoisotopic (exact) mass is 485 g/mol. The van der Waals surface area contributed by atoms with Gasteiger partial charge in [-0.2, -0.15) is 4.31 Å². The van der Waals surface area contributed by atoms with E-state index in [2.05, 4.69) is 0 Å². The molecule has 3 aromatic rings. The van der Waals surface area contributed by atoms with Crippen LogP contribution in [0, 0.1) is 17.6 Å². The zero-order valence-corrected chi connectivity index (χ0v) is 18.8. The average molecular weight is 486 g/mol. The zero-order chi connectivity index (χ0) is 24.3. The predicted molar refractivity (Wildman–Crippen MR) is 120 cm³/mol. The molecule has 0 unspecified atom stereocenters. The number of piperidine rings is 1. The molecule has 1 aliphatic heterocycles. The first kappa shape index (κ1) is 23.7. The number of rotatable bonds is 6. The SMILES string of the molecule is O=C(c1ccc(F)cc1)c1ccc(OC(=O)C2CCN(S(=O)(=O)c3ccc(F)cc3)CC2)cc1. The summed E-state index contributed by atoms with van der Waals surface area (Å²) in [5.74, 6) is -1.92. The smallest absolute Gasteiger partial charge is 0.314 e. The minimum absolute atomic E-state index is 0.00482. The van der Waals surface area contributed by atoms with Crippen LogP contribution in [-0.2, 0) is 14.8 Å². The Morgan fingerprint density at radius 2 is 1.24 bits per heavy atom. The fraction of sp³-hybridized carbons (Fsp3) is 0.200. The van der Waals surface area contributed by atoms with Gasteiger partial charge in [0.2, 0.25) is 10.0 Å². The third-order valence-electron chi connectivity index (χ3n) is 5.68. The lowest BCUT2D eigenvalue weighted by Crippen LogP contribution is -2.41. The number of halogens is 2. The lowest BCUT2D eigenvalue weighted by atomic mass is 9.98. The summed E-state index contributed by atoms with van der Waals surface area (Å²) >= 11 is 0. The number of hydrogen-bond acceptors (Lipinski definition) is 5. The van der Waals surface area contributed by atoms with Crippen molar-refractivity contribution in [3.8, 4) is 5.75 Å². The number of ether oxygens (including phenoxy) is 1. The Hall–Kier alpha value is -3.43. The molecule has 0 bridgehead atoms. The molecule has 1 heterocycles. The summed E-state index contributed by atoms with van der Waals surface area (Å²) in [7, 11) is -3.76. The van der Waals surface area contributed by atoms with Gasteiger partial charge in [-0.1, -0.05) is 0 Å². The number of ketones is 1. The van der Waals surface area contributed by atoms with Crippen LogP contribution in [0.25, 0.3) is 0 Å². The van der Waals surface area contributed by atoms with E-state index < -0.39 is 33.5 Å². The third-order valence-corrected chi connectivity index (χ3v) is 7.59. The third kappa shape index (κ3) is 5.21. The molecule has 34 heavy (non-hydrogen) atoms. The number of carbonyl (C=O) groups excluding carboxylic acids is 2. The van der Waals surface area contributed by atoms with Gasteiger partial charge >= 0.3 is 5.97 Å². The lowest BCUT2D eigenvalue weighted by molar-refractivity contribution is -0.140. The number of carbonyl (C=O) groups is 2. The molecule has 0 N–H and O–H groups in total. The molecule has 6 nitrogen and oxygen atoms in total. The van der Waals surface area contributed by atoms with Gasteiger partial charge in [0.05, 0.1) is 10.8 Å². The van der Waals surface area contributed by atoms with Crippen molar-refractivity contribution in [2.24, 2.45) is 5.92 Å². The van der Waals surface area contributed by atoms with Crippen LogP contribution in [-0.4, -0.2) is 37.6 Å². The maximum absolute atomic E-state index is 13.1. The van der Waals surface area contributed by atoms with Crippen molar-refractivity contribution in [3.63, 3.8) is 0 Å². The molecule has 4 rings (SSSR count). The van der Waals surface area contributed by atoms with Crippen LogP contribution in [0.3, 0.4) is 0 Å². The normalized spacial score (nSPS) is 15.1. The zero-order valence-electron chi connectivity index (χ0n) is 18.0. The van der Waals surface area contributed by atoms with Crippen LogP contribution >= 0.6 is 0 Å². The summed E-state index contributed by atoms with van der Waals surface area (Å²) < 4.78 is 58.3. The highest BCUT2D eigenvalue weighted by Crippen LogP contribution is 2.26. The molecule has 0 saturated carbocycles. The number of benzene rings is 3. The van der Waals surface area contributed by atoms with Crippen molar-refractivity contribution < 1.29 is 31.5 Å². The van der Waals surface area contributed by atoms with Crippen LogP contribution in [0.15, 0.2) is 77.7 Å². The Kier molecular flexibility index (Phi) is 6.85. The van der Waals surface area contributed by atoms with E-state index in [4.69, 9.17) is 4.74 Å². The number of hydrogen-bond donors (Lipinski definition) is 0. The molecule has 3 aromatic carbocycles. The van der Waals surface area contributed by atoms with Gasteiger partial charge in [-0.3, -0.25) is 9.59 Å². The predicted octanol–water partition coefficient (Wildman–Crippen LogP) is 4.20. The summed E-state index contributed by atoms with van der Waals surface area (Å²) in [6, 6.07) is 15.9. The van der Waals surface area contributed by atoms with Crippen LogP contribution < -0.4 is 4.74 Å². The largest absolute Gasteiger partial charge is 0.426 e. The fourth-order valence-electron chi connectivity index (χ4n) is 3.73. The Bertz CT molecular complexity index is 1280. The van der Waals surface area contributed by atoms with E-state index in [-0.39, 0.29) is 29.5 Å². The van der Waals surface area contributed by atoms with E-state index in [1.165, 1.54) is 65.0 Å². The second-order valence-electron chi connectivity index (χ2n) is 7.91. The maximum atomic E-state index is 13.1. The summed E-state index contributed by atoms with van der Waals surface area (Å²) in [4.78, 5) is 25.0. The van der Waals surface area contributed by atoms with Crippen LogP contribution in [0.1, 0.15) is 28.8 Å². The van der Waals surface area contributed by atoms with Crippen molar-refractivity contribution in [1.29, 1.82) is 0 Å². The van der Waals surface area contributed by atoms with E-state index in [9.17, 15) is 26.8 Å². The Morgan fingerprint density at radius 1 is 0.765 bits per heavy atom. The highest BCUT2D eigenvalue weighted by molar-refractivity contribution is 7.89. The summed E-state index contributed by atoms with van der Waals surface area (Å²) in [6.07, 6.45) is 0.584. The Balaban J connectivity index is 1.33. The molecule has 9 heteroatoms. The Labute approximate surface area is 195 Å². The quantitative estimate of drug-likeness (QED) is 0.297. The molecular weight excluding hydrogens is 464 g/mol. The summed E-state index contributed by atoms with van der Waals surface area (Å²) in [6.45, 7) is 0.287. The van der Waals surface area contributed by atoms with Crippen molar-refractivity contribution in [2.45, 2.75) is 17.7 Å². The average Bonchev–Trinajstić information content (AvgIpc) is 2.85. The van der Waals surface area contributed by atoms with Gasteiger partial charge in [0.15, 0.2) is 5.78 Å². The number of nitrogens with zero attached hydrogens (tertiary/aromatic N) is 1. The fourth-order valence-corrected chi connectivity index (χ4v) is 5.20. The van der Waals surface area contributed by atoms with E-state index in [1.54, 1.807) is 0 Å². The lowest BCUT2D eigenvalue weighted by Gasteiger charge is -2.30. The summed E-state index contributed by atoms with van der Waals surface area (Å²) in [5.41, 5.74) is 0.708. The molecule has 0 spiro atoms. The molecule has 1 saturated heterocycles. The van der Waals surface area contributed by atoms with Gasteiger partial charge in [-0.25, -0.2) is 17.2 Å². The van der Waals surface area contributed by atoms with Crippen LogP contribution in [0.2, 0.25) is 0 Å². The van der Waals surface area contributed by atoms with E-state index in [0.717, 1.165) is 12.1 Å². The molecule has 0 amide bonds. The molecule has 0 aromatic heterocycles. The topological polar surface area (TPSA) is 80.8 Å². The van der Waals surface area contributed by atoms with Gasteiger partial charge in [0.1, 0.15) is 17.4 Å². The first-order valence-electron chi connectivity index (χ1n) is 10.6. The highest BCUT2D eigenvalue weighted by Gasteiger charge is 2.33. The first-order valence-corrected chi connectivity index (χ1v) is 12.1. The molecule has 0 atom stereocenters. The van der Waals surface area contributed by atoms with Gasteiger partial charge in [0, 0.05) is 24.2 Å². The van der Waals surface area contributed by atoms with Crippen molar-refractivity contribution in [2.75, 3.05) is 13.1 Å². The molecule has 0 radical (unpaired) electrons. The minimum atomic E-state index is -3.76. The van der Waals surface area contributed by atoms with Gasteiger partial charge in [0.25, 0.3) is 0 Å². The van der Waals surface area contributed by atoms with Gasteiger partial charge in [-0.15, -0.1) is 0 Å². The van der Waals surface area contributed by atoms with E-state index >= 15 is 0 Å². The standard InChI is InChI=1S/C25H21F2NO5S/c26-20-5-1-17(2-6-20)24(29)18-3-9-22(10-4-18)33-25(30)19-13-15-28(16-14-19)34(31,32)23-11-7-21(27)8-12-23/h1-12,19H,13-16H2. The first-order chi connectivity index (χ1) is 16.2. The highest BCUT2D eigenvalue weighted by atomic mass is 32.2. The molecule has 1 fully saturated rings. The maximum Gasteiger partial charge on any atom is 0.314 e. The number of esters is 1. The molecular formula is C25H21F2NO5S. The molecule has 176 valence electrons. The summed E-state index contributed by atoms with van der Waals surface area (Å²) in [5, 5.41) is 0. The van der Waals surface area contributed by atoms with Crippen molar-refractivity contribution >= 4 is 21.8 Å². The van der Waals surface area contributed by atoms with Crippen LogP contribution in [0.4, 0.5) is 8.78 Å². The van der Waals surface area contributed by atoms with Crippen molar-refractivity contribution in [1.82, 2.24) is 4.31 Å². The molecule has 1 aliphatic rings. The van der Waals surface area contributed by atoms with Gasteiger partial charge < -0.3 is 4.74 Å². The van der Waals surface area contributed by atoms with Crippen LogP contribution in [0.5, 0.6) is 5.75 Å². The Morgan fingerprint density at radius 3 is 1.76 bits per heavy atom. The van der Waals surface area contributed by atoms with Crippen molar-refractivity contribution in [3.05, 3.63) is 95.6 Å². The second kappa shape index (κ2) is 9.82. The second-order valence-corrected chi connectivity index (χ2v) is 9.85.